The number of hydrogen-bond donors (Lipinski definition) is 0. The van der Waals surface area contributed by atoms with E-state index in [9.17, 15) is 0 Å². The van der Waals surface area contributed by atoms with Gasteiger partial charge >= 0.3 is 0 Å². The minimum absolute atomic E-state index is 0.240. The summed E-state index contributed by atoms with van der Waals surface area (Å²) in [6.07, 6.45) is 1.86. The van der Waals surface area contributed by atoms with Crippen molar-refractivity contribution in [2.75, 3.05) is 0 Å². The van der Waals surface area contributed by atoms with Crippen LogP contribution in [0, 0.1) is 0 Å². The van der Waals surface area contributed by atoms with E-state index in [0.29, 0.717) is 0 Å². The summed E-state index contributed by atoms with van der Waals surface area (Å²) < 4.78 is 11.5. The zero-order chi connectivity index (χ0) is 43.7. The molecule has 1 aliphatic rings. The highest BCUT2D eigenvalue weighted by atomic mass is 16.3. The highest BCUT2D eigenvalue weighted by Gasteiger charge is 2.36. The zero-order valence-electron chi connectivity index (χ0n) is 36.3. The molecule has 0 N–H and O–H groups in total. The normalized spacial score (nSPS) is 13.1. The van der Waals surface area contributed by atoms with Crippen LogP contribution in [-0.2, 0) is 5.41 Å². The van der Waals surface area contributed by atoms with Gasteiger partial charge in [-0.15, -0.1) is 0 Å². The van der Waals surface area contributed by atoms with Gasteiger partial charge in [0.25, 0.3) is 0 Å². The zero-order valence-corrected chi connectivity index (χ0v) is 36.3. The van der Waals surface area contributed by atoms with E-state index in [0.717, 1.165) is 77.9 Å². The summed E-state index contributed by atoms with van der Waals surface area (Å²) in [6.45, 7) is 4.69. The van der Waals surface area contributed by atoms with E-state index in [4.69, 9.17) is 14.4 Å². The van der Waals surface area contributed by atoms with E-state index in [1.54, 1.807) is 0 Å². The third-order valence-electron chi connectivity index (χ3n) is 14.2. The van der Waals surface area contributed by atoms with Crippen LogP contribution in [0.3, 0.4) is 0 Å². The van der Waals surface area contributed by atoms with Gasteiger partial charge in [0.15, 0.2) is 5.82 Å². The molecule has 4 heterocycles. The van der Waals surface area contributed by atoms with Gasteiger partial charge in [-0.25, -0.2) is 9.97 Å². The monoisotopic (exact) mass is 844 g/mol. The van der Waals surface area contributed by atoms with Gasteiger partial charge in [0, 0.05) is 61.0 Å². The fraction of sp³-hybridized carbons (Fsp3) is 0.0492. The summed E-state index contributed by atoms with van der Waals surface area (Å²) in [5.74, 6) is 0.735. The lowest BCUT2D eigenvalue weighted by Crippen LogP contribution is -2.15. The molecule has 310 valence electrons. The largest absolute Gasteiger partial charge is 0.455 e. The number of hydrogen-bond acceptors (Lipinski definition) is 3. The number of nitrogens with zero attached hydrogens (tertiary/aromatic N) is 4. The molecule has 0 saturated carbocycles. The third kappa shape index (κ3) is 5.28. The lowest BCUT2D eigenvalue weighted by atomic mass is 9.82. The second-order valence-electron chi connectivity index (χ2n) is 18.2. The lowest BCUT2D eigenvalue weighted by Gasteiger charge is -2.23. The van der Waals surface area contributed by atoms with Crippen molar-refractivity contribution in [3.8, 4) is 56.3 Å². The molecule has 0 saturated heterocycles. The van der Waals surface area contributed by atoms with Crippen LogP contribution in [-0.4, -0.2) is 19.1 Å². The van der Waals surface area contributed by atoms with Crippen molar-refractivity contribution in [3.63, 3.8) is 0 Å². The van der Waals surface area contributed by atoms with Gasteiger partial charge in [0.05, 0.1) is 33.1 Å². The first-order valence-electron chi connectivity index (χ1n) is 22.6. The maximum absolute atomic E-state index is 6.70. The Morgan fingerprint density at radius 2 is 1.05 bits per heavy atom. The summed E-state index contributed by atoms with van der Waals surface area (Å²) in [4.78, 5) is 9.73. The SMILES string of the molecule is CC1(C)c2cc(-c3nccc(-c4ccccc4)n3)ccc2-c2ccc(-n3c4ccccc4c4cc(-c5ccc6c(c5)c5c7oc8ccccc8c7ccc5n6-c5ccccc5)ccc43)cc21. The molecule has 0 aliphatic heterocycles. The molecular weight excluding hydrogens is 805 g/mol. The van der Waals surface area contributed by atoms with Gasteiger partial charge in [0.2, 0.25) is 0 Å². The highest BCUT2D eigenvalue weighted by Crippen LogP contribution is 2.51. The van der Waals surface area contributed by atoms with Gasteiger partial charge in [-0.2, -0.15) is 0 Å². The van der Waals surface area contributed by atoms with E-state index in [-0.39, 0.29) is 5.41 Å². The maximum atomic E-state index is 6.70. The lowest BCUT2D eigenvalue weighted by molar-refractivity contribution is 0.660. The molecule has 0 fully saturated rings. The quantitative estimate of drug-likeness (QED) is 0.173. The van der Waals surface area contributed by atoms with Crippen molar-refractivity contribution < 1.29 is 4.42 Å². The topological polar surface area (TPSA) is 48.8 Å². The number of fused-ring (bicyclic) bond motifs is 13. The molecular formula is C61H40N4O. The average Bonchev–Trinajstić information content (AvgIpc) is 4.09. The van der Waals surface area contributed by atoms with Crippen LogP contribution in [0.25, 0.3) is 122 Å². The Labute approximate surface area is 380 Å². The second-order valence-corrected chi connectivity index (χ2v) is 18.2. The van der Waals surface area contributed by atoms with Crippen molar-refractivity contribution in [2.24, 2.45) is 0 Å². The minimum Gasteiger partial charge on any atom is -0.455 e. The minimum atomic E-state index is -0.240. The number of furan rings is 1. The summed E-state index contributed by atoms with van der Waals surface area (Å²) >= 11 is 0. The van der Waals surface area contributed by atoms with E-state index in [2.05, 4.69) is 193 Å². The molecule has 0 radical (unpaired) electrons. The molecule has 0 unspecified atom stereocenters. The first-order valence-corrected chi connectivity index (χ1v) is 22.6. The van der Waals surface area contributed by atoms with Crippen LogP contribution in [0.4, 0.5) is 0 Å². The van der Waals surface area contributed by atoms with Crippen LogP contribution in [0.15, 0.2) is 211 Å². The molecule has 0 bridgehead atoms. The van der Waals surface area contributed by atoms with Crippen LogP contribution < -0.4 is 0 Å². The molecule has 4 aromatic heterocycles. The first-order chi connectivity index (χ1) is 32.5. The number of rotatable bonds is 5. The number of benzene rings is 9. The van der Waals surface area contributed by atoms with Gasteiger partial charge in [-0.05, 0) is 118 Å². The van der Waals surface area contributed by atoms with Gasteiger partial charge in [0.1, 0.15) is 11.2 Å². The predicted molar refractivity (Wildman–Crippen MR) is 272 cm³/mol. The van der Waals surface area contributed by atoms with Crippen LogP contribution in [0.2, 0.25) is 0 Å². The van der Waals surface area contributed by atoms with Crippen molar-refractivity contribution in [2.45, 2.75) is 19.3 Å². The Hall–Kier alpha value is -8.54. The van der Waals surface area contributed by atoms with Crippen molar-refractivity contribution in [3.05, 3.63) is 218 Å². The summed E-state index contributed by atoms with van der Waals surface area (Å²) in [6, 6.07) is 72.2. The van der Waals surface area contributed by atoms with E-state index in [1.807, 2.05) is 36.5 Å². The Morgan fingerprint density at radius 3 is 1.86 bits per heavy atom. The van der Waals surface area contributed by atoms with E-state index < -0.39 is 0 Å². The average molecular weight is 845 g/mol. The predicted octanol–water partition coefficient (Wildman–Crippen LogP) is 15.9. The van der Waals surface area contributed by atoms with E-state index >= 15 is 0 Å². The van der Waals surface area contributed by atoms with Gasteiger partial charge in [-0.3, -0.25) is 0 Å². The smallest absolute Gasteiger partial charge is 0.159 e. The summed E-state index contributed by atoms with van der Waals surface area (Å²) in [5, 5.41) is 7.01. The Balaban J connectivity index is 0.889. The number of para-hydroxylation sites is 3. The van der Waals surface area contributed by atoms with Crippen molar-refractivity contribution >= 4 is 65.6 Å². The van der Waals surface area contributed by atoms with Crippen molar-refractivity contribution in [1.82, 2.24) is 19.1 Å². The number of aromatic nitrogens is 4. The molecule has 13 aromatic rings. The van der Waals surface area contributed by atoms with Crippen LogP contribution in [0.1, 0.15) is 25.0 Å². The summed E-state index contributed by atoms with van der Waals surface area (Å²) in [5.41, 5.74) is 19.0. The molecule has 0 spiro atoms. The highest BCUT2D eigenvalue weighted by molar-refractivity contribution is 6.24. The van der Waals surface area contributed by atoms with Crippen LogP contribution >= 0.6 is 0 Å². The van der Waals surface area contributed by atoms with Gasteiger partial charge < -0.3 is 13.6 Å². The second kappa shape index (κ2) is 13.7. The molecule has 5 nitrogen and oxygen atoms in total. The van der Waals surface area contributed by atoms with Crippen molar-refractivity contribution in [1.29, 1.82) is 0 Å². The maximum Gasteiger partial charge on any atom is 0.159 e. The molecule has 5 heteroatoms. The third-order valence-corrected chi connectivity index (χ3v) is 14.2. The fourth-order valence-electron chi connectivity index (χ4n) is 11.0. The molecule has 14 rings (SSSR count). The Kier molecular flexibility index (Phi) is 7.68. The first kappa shape index (κ1) is 36.9. The molecule has 0 amide bonds. The standard InChI is InChI=1S/C61H40N4O/c1-61(2)50-35-40(60-62-32-31-52(63-60)37-13-5-3-6-14-37)21-25-43(50)44-26-24-42(36-51(44)61)65-53-19-11-9-17-45(53)48-33-38(22-28-54(48)65)39-23-29-55-49(34-39)58-56(64(55)41-15-7-4-8-16-41)30-27-47-46-18-10-12-20-57(46)66-59(47)58/h3-36H,1-2H3. The molecule has 0 atom stereocenters. The van der Waals surface area contributed by atoms with Crippen LogP contribution in [0.5, 0.6) is 0 Å². The fourth-order valence-corrected chi connectivity index (χ4v) is 11.0. The van der Waals surface area contributed by atoms with E-state index in [1.165, 1.54) is 55.0 Å². The Morgan fingerprint density at radius 1 is 0.424 bits per heavy atom. The molecule has 1 aliphatic carbocycles. The molecule has 9 aromatic carbocycles. The molecule has 66 heavy (non-hydrogen) atoms. The Bertz CT molecular complexity index is 4130. The van der Waals surface area contributed by atoms with Gasteiger partial charge in [-0.1, -0.05) is 129 Å². The summed E-state index contributed by atoms with van der Waals surface area (Å²) in [7, 11) is 0.